The Balaban J connectivity index is 1.59. The fourth-order valence-corrected chi connectivity index (χ4v) is 3.30. The third-order valence-electron chi connectivity index (χ3n) is 5.02. The van der Waals surface area contributed by atoms with Crippen molar-refractivity contribution in [1.82, 2.24) is 0 Å². The molecule has 0 bridgehead atoms. The van der Waals surface area contributed by atoms with Crippen molar-refractivity contribution in [2.24, 2.45) is 0 Å². The lowest BCUT2D eigenvalue weighted by atomic mass is 10.0. The van der Waals surface area contributed by atoms with Gasteiger partial charge in [0, 0.05) is 11.1 Å². The zero-order valence-electron chi connectivity index (χ0n) is 17.5. The van der Waals surface area contributed by atoms with Gasteiger partial charge in [-0.05, 0) is 54.5 Å². The van der Waals surface area contributed by atoms with Crippen molar-refractivity contribution in [2.75, 3.05) is 0 Å². The molecule has 0 N–H and O–H groups in total. The van der Waals surface area contributed by atoms with Crippen molar-refractivity contribution in [3.05, 3.63) is 71.3 Å². The Hall–Kier alpha value is -2.44. The van der Waals surface area contributed by atoms with Crippen LogP contribution in [-0.4, -0.2) is 0 Å². The molecule has 0 spiro atoms. The lowest BCUT2D eigenvalue weighted by Crippen LogP contribution is -1.87. The van der Waals surface area contributed by atoms with Gasteiger partial charge in [0.1, 0.15) is 0 Å². The fourth-order valence-electron chi connectivity index (χ4n) is 3.30. The number of hydrogen-bond acceptors (Lipinski definition) is 0. The van der Waals surface area contributed by atoms with E-state index in [9.17, 15) is 0 Å². The minimum absolute atomic E-state index is 1.00. The first kappa shape index (κ1) is 21.9. The highest BCUT2D eigenvalue weighted by Crippen LogP contribution is 2.13. The summed E-state index contributed by atoms with van der Waals surface area (Å²) in [6.07, 6.45) is 15.1. The third kappa shape index (κ3) is 10.0. The second-order valence-corrected chi connectivity index (χ2v) is 7.49. The van der Waals surface area contributed by atoms with Crippen LogP contribution in [-0.2, 0) is 6.42 Å². The molecular weight excluding hydrogens is 336 g/mol. The lowest BCUT2D eigenvalue weighted by molar-refractivity contribution is 0.556. The number of benzene rings is 2. The molecule has 0 saturated carbocycles. The summed E-state index contributed by atoms with van der Waals surface area (Å²) in [7, 11) is 0. The van der Waals surface area contributed by atoms with Crippen LogP contribution in [0, 0.1) is 23.7 Å². The highest BCUT2D eigenvalue weighted by Gasteiger charge is 1.95. The van der Waals surface area contributed by atoms with Crippen LogP contribution in [0.4, 0.5) is 0 Å². The first-order chi connectivity index (χ1) is 13.9. The van der Waals surface area contributed by atoms with Crippen molar-refractivity contribution < 1.29 is 0 Å². The molecule has 146 valence electrons. The largest absolute Gasteiger partial charge is 0.0654 e. The predicted molar refractivity (Wildman–Crippen MR) is 122 cm³/mol. The maximum atomic E-state index is 3.13. The van der Waals surface area contributed by atoms with Crippen molar-refractivity contribution in [2.45, 2.75) is 77.6 Å². The van der Waals surface area contributed by atoms with Crippen LogP contribution in [0.15, 0.2) is 54.6 Å². The van der Waals surface area contributed by atoms with Gasteiger partial charge in [-0.2, -0.15) is 0 Å². The summed E-state index contributed by atoms with van der Waals surface area (Å²) in [5.74, 6) is 12.1. The van der Waals surface area contributed by atoms with Crippen LogP contribution in [0.1, 0.15) is 87.8 Å². The minimum atomic E-state index is 1.00. The maximum Gasteiger partial charge on any atom is 0.0255 e. The van der Waals surface area contributed by atoms with E-state index in [4.69, 9.17) is 0 Å². The molecule has 0 nitrogen and oxygen atoms in total. The SMILES string of the molecule is CCCCCCCCCCCCc1ccc(C#CC#Cc2ccccc2)cc1. The lowest BCUT2D eigenvalue weighted by Gasteiger charge is -2.03. The van der Waals surface area contributed by atoms with Crippen molar-refractivity contribution in [3.8, 4) is 23.7 Å². The normalized spacial score (nSPS) is 9.89. The molecule has 0 heterocycles. The summed E-state index contributed by atoms with van der Waals surface area (Å²) in [6, 6.07) is 18.6. The summed E-state index contributed by atoms with van der Waals surface area (Å²) in [4.78, 5) is 0. The van der Waals surface area contributed by atoms with Crippen LogP contribution in [0.25, 0.3) is 0 Å². The first-order valence-electron chi connectivity index (χ1n) is 11.0. The maximum absolute atomic E-state index is 3.13. The van der Waals surface area contributed by atoms with Gasteiger partial charge >= 0.3 is 0 Å². The molecule has 2 rings (SSSR count). The van der Waals surface area contributed by atoms with E-state index < -0.39 is 0 Å². The predicted octanol–water partition coefficient (Wildman–Crippen LogP) is 7.55. The van der Waals surface area contributed by atoms with E-state index in [0.717, 1.165) is 11.1 Å². The monoisotopic (exact) mass is 370 g/mol. The molecule has 0 heteroatoms. The molecule has 2 aromatic carbocycles. The van der Waals surface area contributed by atoms with Crippen LogP contribution < -0.4 is 0 Å². The number of unbranched alkanes of at least 4 members (excludes halogenated alkanes) is 9. The van der Waals surface area contributed by atoms with E-state index in [1.54, 1.807) is 0 Å². The molecule has 2 aromatic rings. The first-order valence-corrected chi connectivity index (χ1v) is 11.0. The van der Waals surface area contributed by atoms with Crippen molar-refractivity contribution >= 4 is 0 Å². The van der Waals surface area contributed by atoms with Gasteiger partial charge in [0.15, 0.2) is 0 Å². The molecular formula is C28H34. The summed E-state index contributed by atoms with van der Waals surface area (Å²) in [5, 5.41) is 0. The molecule has 0 unspecified atom stereocenters. The Labute approximate surface area is 172 Å². The summed E-state index contributed by atoms with van der Waals surface area (Å²) >= 11 is 0. The topological polar surface area (TPSA) is 0 Å². The smallest absolute Gasteiger partial charge is 0.0255 e. The van der Waals surface area contributed by atoms with Crippen molar-refractivity contribution in [3.63, 3.8) is 0 Å². The highest BCUT2D eigenvalue weighted by molar-refractivity contribution is 5.44. The van der Waals surface area contributed by atoms with Gasteiger partial charge in [-0.3, -0.25) is 0 Å². The fraction of sp³-hybridized carbons (Fsp3) is 0.429. The minimum Gasteiger partial charge on any atom is -0.0654 e. The summed E-state index contributed by atoms with van der Waals surface area (Å²) in [5.41, 5.74) is 3.46. The van der Waals surface area contributed by atoms with E-state index in [2.05, 4.69) is 54.9 Å². The van der Waals surface area contributed by atoms with E-state index in [-0.39, 0.29) is 0 Å². The molecule has 28 heavy (non-hydrogen) atoms. The molecule has 0 aliphatic rings. The Bertz CT molecular complexity index is 760. The second-order valence-electron chi connectivity index (χ2n) is 7.49. The molecule has 0 atom stereocenters. The quantitative estimate of drug-likeness (QED) is 0.283. The Morgan fingerprint density at radius 2 is 1.04 bits per heavy atom. The van der Waals surface area contributed by atoms with E-state index in [1.807, 2.05) is 30.3 Å². The van der Waals surface area contributed by atoms with Gasteiger partial charge in [-0.1, -0.05) is 107 Å². The Morgan fingerprint density at radius 3 is 1.61 bits per heavy atom. The number of hydrogen-bond donors (Lipinski definition) is 0. The molecule has 0 aliphatic carbocycles. The third-order valence-corrected chi connectivity index (χ3v) is 5.02. The summed E-state index contributed by atoms with van der Waals surface area (Å²) < 4.78 is 0. The number of rotatable bonds is 11. The number of aryl methyl sites for hydroxylation is 1. The molecule has 0 amide bonds. The van der Waals surface area contributed by atoms with Crippen molar-refractivity contribution in [1.29, 1.82) is 0 Å². The molecule has 0 aromatic heterocycles. The van der Waals surface area contributed by atoms with Crippen LogP contribution in [0.5, 0.6) is 0 Å². The Morgan fingerprint density at radius 1 is 0.536 bits per heavy atom. The standard InChI is InChI=1S/C28H34/c1-2-3-4-5-6-7-8-9-10-12-19-27-22-24-28(25-23-27)21-16-15-20-26-17-13-11-14-18-26/h11,13-14,17-18,22-25H,2-10,12,19H2,1H3. The zero-order chi connectivity index (χ0) is 19.7. The zero-order valence-corrected chi connectivity index (χ0v) is 17.5. The van der Waals surface area contributed by atoms with Gasteiger partial charge in [-0.15, -0.1) is 0 Å². The second kappa shape index (κ2) is 14.6. The molecule has 0 radical (unpaired) electrons. The van der Waals surface area contributed by atoms with Crippen LogP contribution in [0.3, 0.4) is 0 Å². The van der Waals surface area contributed by atoms with Gasteiger partial charge in [0.05, 0.1) is 0 Å². The molecule has 0 aliphatic heterocycles. The van der Waals surface area contributed by atoms with Crippen LogP contribution in [0.2, 0.25) is 0 Å². The van der Waals surface area contributed by atoms with E-state index in [0.29, 0.717) is 0 Å². The van der Waals surface area contributed by atoms with Gasteiger partial charge < -0.3 is 0 Å². The highest BCUT2D eigenvalue weighted by atomic mass is 14.0. The summed E-state index contributed by atoms with van der Waals surface area (Å²) in [6.45, 7) is 2.28. The average molecular weight is 371 g/mol. The average Bonchev–Trinajstić information content (AvgIpc) is 2.74. The van der Waals surface area contributed by atoms with Gasteiger partial charge in [0.2, 0.25) is 0 Å². The van der Waals surface area contributed by atoms with Crippen LogP contribution >= 0.6 is 0 Å². The molecule has 0 fully saturated rings. The van der Waals surface area contributed by atoms with Gasteiger partial charge in [0.25, 0.3) is 0 Å². The molecule has 0 saturated heterocycles. The van der Waals surface area contributed by atoms with E-state index in [1.165, 1.54) is 76.2 Å². The van der Waals surface area contributed by atoms with Gasteiger partial charge in [-0.25, -0.2) is 0 Å². The van der Waals surface area contributed by atoms with E-state index >= 15 is 0 Å². The Kier molecular flexibility index (Phi) is 11.4.